The number of amides is 1. The number of pyridine rings is 2. The fraction of sp³-hybridized carbons (Fsp3) is 0.353. The molecule has 114 valence electrons. The van der Waals surface area contributed by atoms with Crippen molar-refractivity contribution in [1.82, 2.24) is 14.9 Å². The average molecular weight is 297 g/mol. The van der Waals surface area contributed by atoms with Gasteiger partial charge in [0.15, 0.2) is 0 Å². The summed E-state index contributed by atoms with van der Waals surface area (Å²) in [6.45, 7) is 2.95. The third kappa shape index (κ3) is 2.72. The van der Waals surface area contributed by atoms with E-state index in [1.807, 2.05) is 19.1 Å². The Kier molecular flexibility index (Phi) is 3.90. The number of aliphatic hydroxyl groups is 1. The van der Waals surface area contributed by atoms with Gasteiger partial charge < -0.3 is 10.0 Å². The topological polar surface area (TPSA) is 66.3 Å². The number of nitrogens with zero attached hydrogens (tertiary/aromatic N) is 3. The summed E-state index contributed by atoms with van der Waals surface area (Å²) in [6.07, 6.45) is 4.29. The molecule has 1 amide bonds. The highest BCUT2D eigenvalue weighted by Crippen LogP contribution is 2.33. The SMILES string of the molecule is Cc1cccnc1C1(O)CCN(C(=O)c2ccccn2)CC1. The molecule has 0 aromatic carbocycles. The van der Waals surface area contributed by atoms with Crippen molar-refractivity contribution in [3.63, 3.8) is 0 Å². The van der Waals surface area contributed by atoms with E-state index in [2.05, 4.69) is 9.97 Å². The first kappa shape index (κ1) is 14.7. The number of rotatable bonds is 2. The van der Waals surface area contributed by atoms with E-state index in [1.165, 1.54) is 0 Å². The van der Waals surface area contributed by atoms with E-state index in [0.717, 1.165) is 11.3 Å². The Labute approximate surface area is 129 Å². The van der Waals surface area contributed by atoms with E-state index < -0.39 is 5.60 Å². The van der Waals surface area contributed by atoms with E-state index in [9.17, 15) is 9.90 Å². The van der Waals surface area contributed by atoms with Crippen LogP contribution in [-0.4, -0.2) is 39.0 Å². The van der Waals surface area contributed by atoms with Crippen molar-refractivity contribution in [1.29, 1.82) is 0 Å². The van der Waals surface area contributed by atoms with Crippen molar-refractivity contribution in [2.24, 2.45) is 0 Å². The van der Waals surface area contributed by atoms with Crippen LogP contribution in [0.4, 0.5) is 0 Å². The Morgan fingerprint density at radius 3 is 2.50 bits per heavy atom. The predicted octanol–water partition coefficient (Wildman–Crippen LogP) is 1.91. The molecule has 1 aliphatic heterocycles. The molecule has 0 spiro atoms. The number of aromatic nitrogens is 2. The Morgan fingerprint density at radius 2 is 1.86 bits per heavy atom. The van der Waals surface area contributed by atoms with Crippen LogP contribution in [0.2, 0.25) is 0 Å². The van der Waals surface area contributed by atoms with Crippen LogP contribution in [0, 0.1) is 6.92 Å². The zero-order chi connectivity index (χ0) is 15.6. The van der Waals surface area contributed by atoms with Gasteiger partial charge in [0.2, 0.25) is 0 Å². The number of hydrogen-bond donors (Lipinski definition) is 1. The Bertz CT molecular complexity index is 665. The van der Waals surface area contributed by atoms with Crippen molar-refractivity contribution >= 4 is 5.91 Å². The lowest BCUT2D eigenvalue weighted by Crippen LogP contribution is -2.46. The molecule has 0 aliphatic carbocycles. The van der Waals surface area contributed by atoms with E-state index in [1.54, 1.807) is 35.5 Å². The smallest absolute Gasteiger partial charge is 0.272 e. The van der Waals surface area contributed by atoms with E-state index in [0.29, 0.717) is 31.6 Å². The third-order valence-corrected chi connectivity index (χ3v) is 4.21. The molecule has 22 heavy (non-hydrogen) atoms. The molecule has 1 N–H and O–H groups in total. The monoisotopic (exact) mass is 297 g/mol. The summed E-state index contributed by atoms with van der Waals surface area (Å²) in [7, 11) is 0. The summed E-state index contributed by atoms with van der Waals surface area (Å²) in [5.74, 6) is -0.0830. The molecular weight excluding hydrogens is 278 g/mol. The second kappa shape index (κ2) is 5.85. The summed E-state index contributed by atoms with van der Waals surface area (Å²) in [4.78, 5) is 22.6. The van der Waals surface area contributed by atoms with E-state index in [-0.39, 0.29) is 5.91 Å². The molecule has 0 bridgehead atoms. The Balaban J connectivity index is 1.73. The molecule has 3 rings (SSSR count). The largest absolute Gasteiger partial charge is 0.383 e. The maximum Gasteiger partial charge on any atom is 0.272 e. The van der Waals surface area contributed by atoms with Gasteiger partial charge in [-0.25, -0.2) is 0 Å². The number of hydrogen-bond acceptors (Lipinski definition) is 4. The van der Waals surface area contributed by atoms with Gasteiger partial charge >= 0.3 is 0 Å². The van der Waals surface area contributed by atoms with Gasteiger partial charge in [-0.2, -0.15) is 0 Å². The zero-order valence-electron chi connectivity index (χ0n) is 12.6. The lowest BCUT2D eigenvalue weighted by atomic mass is 9.85. The fourth-order valence-electron chi connectivity index (χ4n) is 2.94. The van der Waals surface area contributed by atoms with Crippen LogP contribution in [0.5, 0.6) is 0 Å². The molecule has 0 unspecified atom stereocenters. The lowest BCUT2D eigenvalue weighted by Gasteiger charge is -2.38. The maximum absolute atomic E-state index is 12.4. The Hall–Kier alpha value is -2.27. The maximum atomic E-state index is 12.4. The highest BCUT2D eigenvalue weighted by atomic mass is 16.3. The second-order valence-electron chi connectivity index (χ2n) is 5.71. The molecule has 0 saturated carbocycles. The molecule has 0 radical (unpaired) electrons. The van der Waals surface area contributed by atoms with Gasteiger partial charge in [-0.05, 0) is 43.5 Å². The molecule has 5 nitrogen and oxygen atoms in total. The molecule has 1 aliphatic rings. The van der Waals surface area contributed by atoms with Crippen molar-refractivity contribution in [3.05, 3.63) is 59.7 Å². The van der Waals surface area contributed by atoms with Gasteiger partial charge in [0.05, 0.1) is 5.69 Å². The molecule has 0 atom stereocenters. The van der Waals surface area contributed by atoms with E-state index in [4.69, 9.17) is 0 Å². The summed E-state index contributed by atoms with van der Waals surface area (Å²) in [5.41, 5.74) is 1.20. The van der Waals surface area contributed by atoms with E-state index >= 15 is 0 Å². The van der Waals surface area contributed by atoms with Crippen molar-refractivity contribution in [3.8, 4) is 0 Å². The first-order valence-electron chi connectivity index (χ1n) is 7.45. The van der Waals surface area contributed by atoms with Gasteiger partial charge in [-0.1, -0.05) is 12.1 Å². The summed E-state index contributed by atoms with van der Waals surface area (Å²) >= 11 is 0. The predicted molar refractivity (Wildman–Crippen MR) is 82.2 cm³/mol. The van der Waals surface area contributed by atoms with Crippen LogP contribution in [0.25, 0.3) is 0 Å². The second-order valence-corrected chi connectivity index (χ2v) is 5.71. The molecular formula is C17H19N3O2. The van der Waals surface area contributed by atoms with Crippen LogP contribution >= 0.6 is 0 Å². The molecule has 2 aromatic heterocycles. The lowest BCUT2D eigenvalue weighted by molar-refractivity contribution is -0.0250. The minimum atomic E-state index is -0.952. The van der Waals surface area contributed by atoms with Crippen LogP contribution in [-0.2, 0) is 5.60 Å². The average Bonchev–Trinajstić information content (AvgIpc) is 2.56. The number of carbonyl (C=O) groups is 1. The van der Waals surface area contributed by atoms with Crippen molar-refractivity contribution in [2.75, 3.05) is 13.1 Å². The van der Waals surface area contributed by atoms with Crippen LogP contribution < -0.4 is 0 Å². The molecule has 1 fully saturated rings. The van der Waals surface area contributed by atoms with Crippen molar-refractivity contribution in [2.45, 2.75) is 25.4 Å². The molecule has 5 heteroatoms. The molecule has 1 saturated heterocycles. The zero-order valence-corrected chi connectivity index (χ0v) is 12.6. The standard InChI is InChI=1S/C17H19N3O2/c1-13-5-4-10-19-15(13)17(22)7-11-20(12-8-17)16(21)14-6-2-3-9-18-14/h2-6,9-10,22H,7-8,11-12H2,1H3. The van der Waals surface area contributed by atoms with Gasteiger partial charge in [-0.3, -0.25) is 14.8 Å². The van der Waals surface area contributed by atoms with Crippen LogP contribution in [0.3, 0.4) is 0 Å². The third-order valence-electron chi connectivity index (χ3n) is 4.21. The fourth-order valence-corrected chi connectivity index (χ4v) is 2.94. The Morgan fingerprint density at radius 1 is 1.14 bits per heavy atom. The summed E-state index contributed by atoms with van der Waals surface area (Å²) < 4.78 is 0. The summed E-state index contributed by atoms with van der Waals surface area (Å²) in [6, 6.07) is 9.12. The molecule has 2 aromatic rings. The number of carbonyl (C=O) groups excluding carboxylic acids is 1. The number of aryl methyl sites for hydroxylation is 1. The van der Waals surface area contributed by atoms with Crippen LogP contribution in [0.1, 0.15) is 34.6 Å². The minimum Gasteiger partial charge on any atom is -0.383 e. The first-order chi connectivity index (χ1) is 10.6. The van der Waals surface area contributed by atoms with Crippen molar-refractivity contribution < 1.29 is 9.90 Å². The number of piperidine rings is 1. The van der Waals surface area contributed by atoms with Gasteiger partial charge in [-0.15, -0.1) is 0 Å². The molecule has 3 heterocycles. The normalized spacial score (nSPS) is 17.3. The van der Waals surface area contributed by atoms with Gasteiger partial charge in [0, 0.05) is 25.5 Å². The quantitative estimate of drug-likeness (QED) is 0.919. The van der Waals surface area contributed by atoms with Crippen LogP contribution in [0.15, 0.2) is 42.7 Å². The highest BCUT2D eigenvalue weighted by Gasteiger charge is 2.37. The highest BCUT2D eigenvalue weighted by molar-refractivity contribution is 5.92. The summed E-state index contributed by atoms with van der Waals surface area (Å²) in [5, 5.41) is 10.9. The van der Waals surface area contributed by atoms with Gasteiger partial charge in [0.25, 0.3) is 5.91 Å². The minimum absolute atomic E-state index is 0.0830. The first-order valence-corrected chi connectivity index (χ1v) is 7.45. The number of likely N-dealkylation sites (tertiary alicyclic amines) is 1. The van der Waals surface area contributed by atoms with Gasteiger partial charge in [0.1, 0.15) is 11.3 Å².